The van der Waals surface area contributed by atoms with E-state index in [-0.39, 0.29) is 18.3 Å². The average Bonchev–Trinajstić information content (AvgIpc) is 2.81. The van der Waals surface area contributed by atoms with Crippen molar-refractivity contribution < 1.29 is 8.91 Å². The van der Waals surface area contributed by atoms with Gasteiger partial charge in [0.15, 0.2) is 5.82 Å². The number of nitrogens with zero attached hydrogens (tertiary/aromatic N) is 2. The molecule has 4 nitrogen and oxygen atoms in total. The van der Waals surface area contributed by atoms with Crippen molar-refractivity contribution in [1.82, 2.24) is 10.1 Å². The Morgan fingerprint density at radius 3 is 2.95 bits per heavy atom. The molecule has 0 bridgehead atoms. The lowest BCUT2D eigenvalue weighted by atomic mass is 10.1. The average molecular weight is 298 g/mol. The number of halogens is 2. The first kappa shape index (κ1) is 14.9. The van der Waals surface area contributed by atoms with Crippen molar-refractivity contribution in [2.24, 2.45) is 5.73 Å². The zero-order valence-electron chi connectivity index (χ0n) is 11.3. The van der Waals surface area contributed by atoms with Gasteiger partial charge >= 0.3 is 0 Å². The maximum Gasteiger partial charge on any atom is 0.226 e. The first-order valence-corrected chi connectivity index (χ1v) is 6.94. The number of aryl methyl sites for hydroxylation is 1. The highest BCUT2D eigenvalue weighted by Crippen LogP contribution is 2.21. The van der Waals surface area contributed by atoms with Crippen LogP contribution in [-0.4, -0.2) is 16.2 Å². The Balaban J connectivity index is 1.99. The Morgan fingerprint density at radius 1 is 1.45 bits per heavy atom. The van der Waals surface area contributed by atoms with E-state index in [1.165, 1.54) is 6.07 Å². The predicted molar refractivity (Wildman–Crippen MR) is 75.1 cm³/mol. The van der Waals surface area contributed by atoms with Gasteiger partial charge in [-0.1, -0.05) is 22.8 Å². The highest BCUT2D eigenvalue weighted by atomic mass is 35.5. The molecule has 1 unspecified atom stereocenters. The molecule has 2 rings (SSSR count). The van der Waals surface area contributed by atoms with Gasteiger partial charge in [-0.2, -0.15) is 4.98 Å². The van der Waals surface area contributed by atoms with Crippen molar-refractivity contribution in [3.63, 3.8) is 0 Å². The highest BCUT2D eigenvalue weighted by molar-refractivity contribution is 6.31. The van der Waals surface area contributed by atoms with Crippen LogP contribution in [0.15, 0.2) is 22.7 Å². The summed E-state index contributed by atoms with van der Waals surface area (Å²) in [5, 5.41) is 4.22. The molecule has 2 N–H and O–H groups in total. The topological polar surface area (TPSA) is 64.9 Å². The highest BCUT2D eigenvalue weighted by Gasteiger charge is 2.12. The number of hydrogen-bond donors (Lipinski definition) is 1. The summed E-state index contributed by atoms with van der Waals surface area (Å²) >= 11 is 5.96. The monoisotopic (exact) mass is 297 g/mol. The lowest BCUT2D eigenvalue weighted by molar-refractivity contribution is 0.368. The first-order chi connectivity index (χ1) is 9.56. The molecule has 2 aromatic rings. The van der Waals surface area contributed by atoms with Crippen LogP contribution < -0.4 is 5.73 Å². The molecular weight excluding hydrogens is 281 g/mol. The molecule has 0 radical (unpaired) electrons. The largest absolute Gasteiger partial charge is 0.339 e. The van der Waals surface area contributed by atoms with Crippen LogP contribution in [0, 0.1) is 5.82 Å². The summed E-state index contributed by atoms with van der Waals surface area (Å²) in [4.78, 5) is 4.24. The van der Waals surface area contributed by atoms with Crippen LogP contribution >= 0.6 is 11.6 Å². The second kappa shape index (κ2) is 6.81. The predicted octanol–water partition coefficient (Wildman–Crippen LogP) is 3.12. The minimum Gasteiger partial charge on any atom is -0.339 e. The van der Waals surface area contributed by atoms with Crippen molar-refractivity contribution in [1.29, 1.82) is 0 Å². The van der Waals surface area contributed by atoms with E-state index < -0.39 is 0 Å². The lowest BCUT2D eigenvalue weighted by Gasteiger charge is -2.02. The molecule has 1 aromatic carbocycles. The van der Waals surface area contributed by atoms with Crippen LogP contribution in [0.5, 0.6) is 0 Å². The summed E-state index contributed by atoms with van der Waals surface area (Å²) in [6.45, 7) is 1.96. The minimum absolute atomic E-state index is 0.162. The summed E-state index contributed by atoms with van der Waals surface area (Å²) in [5.74, 6) is 0.627. The number of hydrogen-bond acceptors (Lipinski definition) is 4. The third-order valence-electron chi connectivity index (χ3n) is 2.96. The Kier molecular flexibility index (Phi) is 5.09. The van der Waals surface area contributed by atoms with Crippen LogP contribution in [0.3, 0.4) is 0 Å². The third-order valence-corrected chi connectivity index (χ3v) is 3.31. The quantitative estimate of drug-likeness (QED) is 0.889. The van der Waals surface area contributed by atoms with Crippen LogP contribution in [0.1, 0.15) is 37.0 Å². The zero-order chi connectivity index (χ0) is 14.5. The molecule has 0 aliphatic rings. The van der Waals surface area contributed by atoms with E-state index in [0.717, 1.165) is 12.8 Å². The van der Waals surface area contributed by atoms with Crippen LogP contribution in [0.25, 0.3) is 0 Å². The van der Waals surface area contributed by atoms with E-state index >= 15 is 0 Å². The molecule has 0 aliphatic heterocycles. The number of benzene rings is 1. The maximum absolute atomic E-state index is 13.6. The van der Waals surface area contributed by atoms with E-state index in [4.69, 9.17) is 21.9 Å². The number of nitrogens with two attached hydrogens (primary N) is 1. The van der Waals surface area contributed by atoms with Gasteiger partial charge in [0.05, 0.1) is 0 Å². The van der Waals surface area contributed by atoms with Gasteiger partial charge < -0.3 is 10.3 Å². The third kappa shape index (κ3) is 4.02. The fraction of sp³-hybridized carbons (Fsp3) is 0.429. The van der Waals surface area contributed by atoms with Gasteiger partial charge in [-0.15, -0.1) is 0 Å². The van der Waals surface area contributed by atoms with Crippen LogP contribution in [0.2, 0.25) is 5.02 Å². The molecular formula is C14H17ClFN3O. The molecule has 0 amide bonds. The second-order valence-electron chi connectivity index (χ2n) is 4.85. The molecule has 0 saturated carbocycles. The van der Waals surface area contributed by atoms with E-state index in [0.29, 0.717) is 28.7 Å². The molecule has 0 aliphatic carbocycles. The molecule has 108 valence electrons. The van der Waals surface area contributed by atoms with E-state index in [1.807, 2.05) is 6.92 Å². The van der Waals surface area contributed by atoms with Gasteiger partial charge in [-0.25, -0.2) is 4.39 Å². The van der Waals surface area contributed by atoms with Crippen molar-refractivity contribution in [2.45, 2.75) is 38.6 Å². The van der Waals surface area contributed by atoms with Crippen LogP contribution in [0.4, 0.5) is 4.39 Å². The molecule has 0 spiro atoms. The maximum atomic E-state index is 13.6. The fourth-order valence-corrected chi connectivity index (χ4v) is 2.13. The summed E-state index contributed by atoms with van der Waals surface area (Å²) in [6, 6.07) is 4.74. The van der Waals surface area contributed by atoms with Crippen LogP contribution in [-0.2, 0) is 12.8 Å². The Labute approximate surface area is 122 Å². The van der Waals surface area contributed by atoms with Crippen molar-refractivity contribution in [3.8, 4) is 0 Å². The van der Waals surface area contributed by atoms with Gasteiger partial charge in [0.2, 0.25) is 5.89 Å². The van der Waals surface area contributed by atoms with Gasteiger partial charge in [0, 0.05) is 29.5 Å². The Hall–Kier alpha value is -1.46. The van der Waals surface area contributed by atoms with E-state index in [1.54, 1.807) is 12.1 Å². The molecule has 6 heteroatoms. The van der Waals surface area contributed by atoms with Gasteiger partial charge in [0.25, 0.3) is 0 Å². The van der Waals surface area contributed by atoms with Crippen molar-refractivity contribution >= 4 is 11.6 Å². The van der Waals surface area contributed by atoms with Gasteiger partial charge in [0.1, 0.15) is 5.82 Å². The Bertz CT molecular complexity index is 551. The summed E-state index contributed by atoms with van der Waals surface area (Å²) in [5.41, 5.74) is 6.06. The van der Waals surface area contributed by atoms with Gasteiger partial charge in [-0.3, -0.25) is 0 Å². The molecule has 1 heterocycles. The first-order valence-electron chi connectivity index (χ1n) is 6.56. The molecule has 1 aromatic heterocycles. The van der Waals surface area contributed by atoms with E-state index in [2.05, 4.69) is 10.1 Å². The normalized spacial score (nSPS) is 12.6. The smallest absolute Gasteiger partial charge is 0.226 e. The van der Waals surface area contributed by atoms with Crippen molar-refractivity contribution in [3.05, 3.63) is 46.3 Å². The van der Waals surface area contributed by atoms with E-state index in [9.17, 15) is 4.39 Å². The second-order valence-corrected chi connectivity index (χ2v) is 5.26. The van der Waals surface area contributed by atoms with Gasteiger partial charge in [-0.05, 0) is 31.9 Å². The Morgan fingerprint density at radius 2 is 2.25 bits per heavy atom. The molecule has 1 atom stereocenters. The zero-order valence-corrected chi connectivity index (χ0v) is 12.0. The number of rotatable bonds is 6. The minimum atomic E-state index is -0.360. The summed E-state index contributed by atoms with van der Waals surface area (Å²) in [7, 11) is 0. The summed E-state index contributed by atoms with van der Waals surface area (Å²) < 4.78 is 18.8. The SMILES string of the molecule is CC(N)CCCc1nc(Cc2c(F)cccc2Cl)no1. The number of aromatic nitrogens is 2. The standard InChI is InChI=1S/C14H17ClFN3O/c1-9(17)4-2-7-14-18-13(19-20-14)8-10-11(15)5-3-6-12(10)16/h3,5-6,9H,2,4,7-8,17H2,1H3. The molecule has 0 fully saturated rings. The molecule has 20 heavy (non-hydrogen) atoms. The molecule has 0 saturated heterocycles. The van der Waals surface area contributed by atoms with Crippen molar-refractivity contribution in [2.75, 3.05) is 0 Å². The fourth-order valence-electron chi connectivity index (χ4n) is 1.90. The summed E-state index contributed by atoms with van der Waals surface area (Å²) in [6.07, 6.45) is 2.69. The lowest BCUT2D eigenvalue weighted by Crippen LogP contribution is -2.14.